The van der Waals surface area contributed by atoms with E-state index in [0.29, 0.717) is 6.04 Å². The van der Waals surface area contributed by atoms with E-state index in [4.69, 9.17) is 0 Å². The molecule has 100 valence electrons. The van der Waals surface area contributed by atoms with Crippen molar-refractivity contribution in [1.29, 1.82) is 0 Å². The summed E-state index contributed by atoms with van der Waals surface area (Å²) in [4.78, 5) is 11.8. The van der Waals surface area contributed by atoms with Crippen molar-refractivity contribution in [3.05, 3.63) is 52.7 Å². The van der Waals surface area contributed by atoms with Crippen molar-refractivity contribution in [3.63, 3.8) is 0 Å². The lowest BCUT2D eigenvalue weighted by Crippen LogP contribution is -2.23. The van der Waals surface area contributed by atoms with E-state index in [9.17, 15) is 4.79 Å². The third kappa shape index (κ3) is 2.49. The van der Waals surface area contributed by atoms with Crippen LogP contribution >= 0.6 is 0 Å². The van der Waals surface area contributed by atoms with Crippen LogP contribution in [-0.2, 0) is 13.5 Å². The third-order valence-corrected chi connectivity index (χ3v) is 3.81. The molecule has 1 aliphatic heterocycles. The molecule has 1 fully saturated rings. The standard InChI is InChI=1S/C15H19N3O/c1-17-9-10-18(15(17)19)14-6-4-12(5-7-14)11-13-3-2-8-16-13/h4-7,9-10,13,16H,2-3,8,11H2,1H3. The molecule has 0 bridgehead atoms. The Hall–Kier alpha value is -1.81. The molecule has 19 heavy (non-hydrogen) atoms. The van der Waals surface area contributed by atoms with Crippen LogP contribution in [0.2, 0.25) is 0 Å². The van der Waals surface area contributed by atoms with Crippen molar-refractivity contribution in [2.45, 2.75) is 25.3 Å². The fourth-order valence-electron chi connectivity index (χ4n) is 2.67. The molecule has 0 saturated carbocycles. The number of nitrogens with zero attached hydrogens (tertiary/aromatic N) is 2. The average molecular weight is 257 g/mol. The Balaban J connectivity index is 1.78. The second-order valence-corrected chi connectivity index (χ2v) is 5.23. The van der Waals surface area contributed by atoms with Crippen molar-refractivity contribution in [3.8, 4) is 5.69 Å². The van der Waals surface area contributed by atoms with E-state index in [1.165, 1.54) is 18.4 Å². The van der Waals surface area contributed by atoms with Crippen molar-refractivity contribution in [1.82, 2.24) is 14.5 Å². The van der Waals surface area contributed by atoms with Crippen LogP contribution in [0.4, 0.5) is 0 Å². The van der Waals surface area contributed by atoms with E-state index < -0.39 is 0 Å². The van der Waals surface area contributed by atoms with Crippen LogP contribution in [0.15, 0.2) is 41.5 Å². The van der Waals surface area contributed by atoms with Gasteiger partial charge in [-0.05, 0) is 43.5 Å². The molecular formula is C15H19N3O. The van der Waals surface area contributed by atoms with Crippen molar-refractivity contribution in [2.75, 3.05) is 6.54 Å². The van der Waals surface area contributed by atoms with Crippen LogP contribution in [0.1, 0.15) is 18.4 Å². The second kappa shape index (κ2) is 5.05. The number of nitrogens with one attached hydrogen (secondary N) is 1. The number of rotatable bonds is 3. The molecule has 3 rings (SSSR count). The highest BCUT2D eigenvalue weighted by Crippen LogP contribution is 2.14. The lowest BCUT2D eigenvalue weighted by Gasteiger charge is -2.10. The zero-order valence-electron chi connectivity index (χ0n) is 11.2. The topological polar surface area (TPSA) is 39.0 Å². The maximum absolute atomic E-state index is 11.8. The fourth-order valence-corrected chi connectivity index (χ4v) is 2.67. The quantitative estimate of drug-likeness (QED) is 0.904. The fraction of sp³-hybridized carbons (Fsp3) is 0.400. The molecule has 0 amide bonds. The largest absolute Gasteiger partial charge is 0.332 e. The van der Waals surface area contributed by atoms with Crippen molar-refractivity contribution < 1.29 is 0 Å². The molecule has 0 spiro atoms. The molecule has 0 aliphatic carbocycles. The van der Waals surface area contributed by atoms with E-state index in [1.54, 1.807) is 28.6 Å². The molecule has 1 saturated heterocycles. The van der Waals surface area contributed by atoms with Gasteiger partial charge in [-0.25, -0.2) is 4.79 Å². The second-order valence-electron chi connectivity index (χ2n) is 5.23. The van der Waals surface area contributed by atoms with Gasteiger partial charge >= 0.3 is 5.69 Å². The summed E-state index contributed by atoms with van der Waals surface area (Å²) in [6.45, 7) is 1.14. The molecule has 1 aromatic carbocycles. The maximum Gasteiger partial charge on any atom is 0.332 e. The van der Waals surface area contributed by atoms with Crippen molar-refractivity contribution in [2.24, 2.45) is 7.05 Å². The molecule has 1 aromatic heterocycles. The molecule has 2 aromatic rings. The molecular weight excluding hydrogens is 238 g/mol. The highest BCUT2D eigenvalue weighted by Gasteiger charge is 2.14. The Bertz CT molecular complexity index is 603. The minimum Gasteiger partial charge on any atom is -0.314 e. The number of aryl methyl sites for hydroxylation is 1. The van der Waals surface area contributed by atoms with Gasteiger partial charge < -0.3 is 9.88 Å². The number of aromatic nitrogens is 2. The van der Waals surface area contributed by atoms with Crippen molar-refractivity contribution >= 4 is 0 Å². The summed E-state index contributed by atoms with van der Waals surface area (Å²) >= 11 is 0. The Labute approximate surface area is 112 Å². The number of benzene rings is 1. The first kappa shape index (κ1) is 12.2. The molecule has 1 N–H and O–H groups in total. The van der Waals surface area contributed by atoms with E-state index >= 15 is 0 Å². The van der Waals surface area contributed by atoms with Gasteiger partial charge in [0.15, 0.2) is 0 Å². The summed E-state index contributed by atoms with van der Waals surface area (Å²) in [5, 5.41) is 3.51. The molecule has 2 heterocycles. The van der Waals surface area contributed by atoms with Crippen LogP contribution in [0, 0.1) is 0 Å². The highest BCUT2D eigenvalue weighted by atomic mass is 16.1. The predicted octanol–water partition coefficient (Wildman–Crippen LogP) is 1.47. The number of hydrogen-bond acceptors (Lipinski definition) is 2. The Kier molecular flexibility index (Phi) is 3.25. The van der Waals surface area contributed by atoms with Gasteiger partial charge in [-0.1, -0.05) is 12.1 Å². The van der Waals surface area contributed by atoms with Gasteiger partial charge in [0.25, 0.3) is 0 Å². The van der Waals surface area contributed by atoms with Gasteiger partial charge in [0.2, 0.25) is 0 Å². The van der Waals surface area contributed by atoms with E-state index in [2.05, 4.69) is 17.4 Å². The summed E-state index contributed by atoms with van der Waals surface area (Å²) in [6, 6.07) is 8.89. The Morgan fingerprint density at radius 2 is 2.05 bits per heavy atom. The molecule has 1 aliphatic rings. The smallest absolute Gasteiger partial charge is 0.314 e. The molecule has 1 atom stereocenters. The summed E-state index contributed by atoms with van der Waals surface area (Å²) < 4.78 is 3.24. The van der Waals surface area contributed by atoms with E-state index in [1.807, 2.05) is 12.1 Å². The highest BCUT2D eigenvalue weighted by molar-refractivity contribution is 5.35. The van der Waals surface area contributed by atoms with Crippen LogP contribution in [0.25, 0.3) is 5.69 Å². The molecule has 4 heteroatoms. The van der Waals surface area contributed by atoms with E-state index in [0.717, 1.165) is 18.7 Å². The van der Waals surface area contributed by atoms with Crippen LogP contribution in [0.5, 0.6) is 0 Å². The van der Waals surface area contributed by atoms with Gasteiger partial charge in [0, 0.05) is 25.5 Å². The minimum absolute atomic E-state index is 0.00907. The zero-order chi connectivity index (χ0) is 13.2. The Morgan fingerprint density at radius 1 is 1.26 bits per heavy atom. The normalized spacial score (nSPS) is 18.9. The van der Waals surface area contributed by atoms with Crippen LogP contribution in [0.3, 0.4) is 0 Å². The average Bonchev–Trinajstić information content (AvgIpc) is 3.03. The lowest BCUT2D eigenvalue weighted by molar-refractivity contribution is 0.603. The summed E-state index contributed by atoms with van der Waals surface area (Å²) in [5.74, 6) is 0. The lowest BCUT2D eigenvalue weighted by atomic mass is 10.0. The van der Waals surface area contributed by atoms with Gasteiger partial charge in [-0.15, -0.1) is 0 Å². The summed E-state index contributed by atoms with van der Waals surface area (Å²) in [7, 11) is 1.76. The molecule has 1 unspecified atom stereocenters. The van der Waals surface area contributed by atoms with Gasteiger partial charge in [-0.3, -0.25) is 4.57 Å². The maximum atomic E-state index is 11.8. The third-order valence-electron chi connectivity index (χ3n) is 3.81. The minimum atomic E-state index is -0.00907. The van der Waals surface area contributed by atoms with Gasteiger partial charge in [-0.2, -0.15) is 0 Å². The Morgan fingerprint density at radius 3 is 2.63 bits per heavy atom. The van der Waals surface area contributed by atoms with Crippen LogP contribution < -0.4 is 11.0 Å². The monoisotopic (exact) mass is 257 g/mol. The van der Waals surface area contributed by atoms with Gasteiger partial charge in [0.05, 0.1) is 5.69 Å². The SMILES string of the molecule is Cn1ccn(-c2ccc(CC3CCCN3)cc2)c1=O. The zero-order valence-corrected chi connectivity index (χ0v) is 11.2. The number of hydrogen-bond donors (Lipinski definition) is 1. The summed E-state index contributed by atoms with van der Waals surface area (Å²) in [6.07, 6.45) is 7.20. The molecule has 0 radical (unpaired) electrons. The predicted molar refractivity (Wildman–Crippen MR) is 75.7 cm³/mol. The first-order valence-electron chi connectivity index (χ1n) is 6.81. The van der Waals surface area contributed by atoms with E-state index in [-0.39, 0.29) is 5.69 Å². The first-order chi connectivity index (χ1) is 9.24. The summed E-state index contributed by atoms with van der Waals surface area (Å²) in [5.41, 5.74) is 2.24. The van der Waals surface area contributed by atoms with Crippen LogP contribution in [-0.4, -0.2) is 21.7 Å². The van der Waals surface area contributed by atoms with Gasteiger partial charge in [0.1, 0.15) is 0 Å². The number of imidazole rings is 1. The first-order valence-corrected chi connectivity index (χ1v) is 6.81. The molecule has 4 nitrogen and oxygen atoms in total.